The van der Waals surface area contributed by atoms with Gasteiger partial charge in [0.25, 0.3) is 0 Å². The van der Waals surface area contributed by atoms with E-state index in [1.807, 2.05) is 0 Å². The van der Waals surface area contributed by atoms with Crippen molar-refractivity contribution < 1.29 is 0 Å². The summed E-state index contributed by atoms with van der Waals surface area (Å²) in [5.74, 6) is 0. The molecule has 0 aliphatic carbocycles. The number of aliphatic imine (C=N–C) groups is 1. The van der Waals surface area contributed by atoms with Crippen LogP contribution in [0.5, 0.6) is 0 Å². The first-order chi connectivity index (χ1) is 6.35. The summed E-state index contributed by atoms with van der Waals surface area (Å²) in [7, 11) is 0. The van der Waals surface area contributed by atoms with E-state index < -0.39 is 0 Å². The lowest BCUT2D eigenvalue weighted by Gasteiger charge is -2.16. The molecule has 13 heavy (non-hydrogen) atoms. The van der Waals surface area contributed by atoms with Crippen molar-refractivity contribution in [2.75, 3.05) is 13.2 Å². The minimum atomic E-state index is 0.719. The van der Waals surface area contributed by atoms with E-state index in [2.05, 4.69) is 42.7 Å². The number of rotatable bonds is 8. The van der Waals surface area contributed by atoms with Gasteiger partial charge in [-0.1, -0.05) is 32.8 Å². The van der Waals surface area contributed by atoms with Crippen molar-refractivity contribution in [1.29, 1.82) is 0 Å². The Kier molecular flexibility index (Phi) is 8.73. The molecule has 0 heterocycles. The highest BCUT2D eigenvalue weighted by Gasteiger charge is 1.92. The van der Waals surface area contributed by atoms with Crippen LogP contribution in [0.2, 0.25) is 0 Å². The summed E-state index contributed by atoms with van der Waals surface area (Å²) in [4.78, 5) is 6.08. The number of unbranched alkanes of at least 4 members (excludes halogenated alkanes) is 2. The Hall–Kier alpha value is -0.790. The normalized spacial score (nSPS) is 10.6. The zero-order valence-electron chi connectivity index (χ0n) is 9.00. The maximum absolute atomic E-state index is 3.88. The zero-order chi connectivity index (χ0) is 9.94. The van der Waals surface area contributed by atoms with Gasteiger partial charge in [0.05, 0.1) is 0 Å². The molecule has 0 unspecified atom stereocenters. The molecule has 0 rings (SSSR count). The summed E-state index contributed by atoms with van der Waals surface area (Å²) in [6, 6.07) is 0. The van der Waals surface area contributed by atoms with Gasteiger partial charge in [-0.05, 0) is 25.8 Å². The lowest BCUT2D eigenvalue weighted by molar-refractivity contribution is 0.388. The molecule has 0 aliphatic heterocycles. The van der Waals surface area contributed by atoms with E-state index in [-0.39, 0.29) is 0 Å². The van der Waals surface area contributed by atoms with Crippen LogP contribution < -0.4 is 0 Å². The predicted molar refractivity (Wildman–Crippen MR) is 60.1 cm³/mol. The standard InChI is InChI=1S/C11H22N2/c1-4-6-7-8-10-13(9-5-2)11-12-3/h8,10H,3-7,9,11H2,1-2H3/b10-8-. The molecular formula is C11H22N2. The van der Waals surface area contributed by atoms with Crippen molar-refractivity contribution >= 4 is 6.72 Å². The second-order valence-electron chi connectivity index (χ2n) is 3.20. The monoisotopic (exact) mass is 182 g/mol. The molecule has 0 fully saturated rings. The van der Waals surface area contributed by atoms with Gasteiger partial charge in [-0.25, -0.2) is 0 Å². The second-order valence-corrected chi connectivity index (χ2v) is 3.20. The van der Waals surface area contributed by atoms with Crippen LogP contribution in [0.1, 0.15) is 39.5 Å². The van der Waals surface area contributed by atoms with Gasteiger partial charge in [-0.2, -0.15) is 0 Å². The molecule has 0 saturated heterocycles. The Morgan fingerprint density at radius 1 is 1.31 bits per heavy atom. The minimum absolute atomic E-state index is 0.719. The maximum atomic E-state index is 3.88. The van der Waals surface area contributed by atoms with E-state index in [0.717, 1.165) is 19.6 Å². The molecule has 0 N–H and O–H groups in total. The van der Waals surface area contributed by atoms with Crippen LogP contribution in [0.25, 0.3) is 0 Å². The third kappa shape index (κ3) is 7.57. The molecule has 0 amide bonds. The zero-order valence-corrected chi connectivity index (χ0v) is 9.00. The van der Waals surface area contributed by atoms with Crippen molar-refractivity contribution in [3.05, 3.63) is 12.3 Å². The average molecular weight is 182 g/mol. The highest BCUT2D eigenvalue weighted by molar-refractivity contribution is 5.23. The fourth-order valence-electron chi connectivity index (χ4n) is 1.15. The summed E-state index contributed by atoms with van der Waals surface area (Å²) in [5, 5.41) is 0. The molecule has 0 radical (unpaired) electrons. The van der Waals surface area contributed by atoms with Gasteiger partial charge in [-0.15, -0.1) is 0 Å². The number of hydrogen-bond acceptors (Lipinski definition) is 2. The Bertz CT molecular complexity index is 141. The molecule has 0 spiro atoms. The summed E-state index contributed by atoms with van der Waals surface area (Å²) < 4.78 is 0. The van der Waals surface area contributed by atoms with Gasteiger partial charge in [0, 0.05) is 6.54 Å². The largest absolute Gasteiger partial charge is 0.359 e. The summed E-state index contributed by atoms with van der Waals surface area (Å²) in [6.07, 6.45) is 9.25. The van der Waals surface area contributed by atoms with Crippen molar-refractivity contribution in [2.45, 2.75) is 39.5 Å². The van der Waals surface area contributed by atoms with Crippen LogP contribution in [-0.4, -0.2) is 24.8 Å². The molecule has 0 aromatic rings. The maximum Gasteiger partial charge on any atom is 0.109 e. The highest BCUT2D eigenvalue weighted by Crippen LogP contribution is 1.98. The van der Waals surface area contributed by atoms with Crippen molar-refractivity contribution in [2.24, 2.45) is 4.99 Å². The van der Waals surface area contributed by atoms with Crippen LogP contribution >= 0.6 is 0 Å². The van der Waals surface area contributed by atoms with Crippen molar-refractivity contribution in [3.63, 3.8) is 0 Å². The van der Waals surface area contributed by atoms with Crippen molar-refractivity contribution in [3.8, 4) is 0 Å². The lowest BCUT2D eigenvalue weighted by Crippen LogP contribution is -2.17. The Morgan fingerprint density at radius 3 is 2.62 bits per heavy atom. The van der Waals surface area contributed by atoms with Gasteiger partial charge in [0.2, 0.25) is 0 Å². The van der Waals surface area contributed by atoms with Crippen LogP contribution in [0, 0.1) is 0 Å². The molecule has 0 bridgehead atoms. The molecule has 76 valence electrons. The van der Waals surface area contributed by atoms with Crippen LogP contribution in [0.15, 0.2) is 17.3 Å². The van der Waals surface area contributed by atoms with Gasteiger partial charge < -0.3 is 4.90 Å². The van der Waals surface area contributed by atoms with E-state index in [4.69, 9.17) is 0 Å². The second kappa shape index (κ2) is 9.30. The Labute approximate surface area is 82.4 Å². The van der Waals surface area contributed by atoms with E-state index in [1.165, 1.54) is 19.3 Å². The SMILES string of the molecule is C=NCN(/C=C\CCCC)CCC. The van der Waals surface area contributed by atoms with E-state index in [0.29, 0.717) is 0 Å². The predicted octanol–water partition coefficient (Wildman–Crippen LogP) is 3.06. The smallest absolute Gasteiger partial charge is 0.109 e. The van der Waals surface area contributed by atoms with E-state index in [1.54, 1.807) is 0 Å². The quantitative estimate of drug-likeness (QED) is 0.416. The molecule has 0 saturated carbocycles. The van der Waals surface area contributed by atoms with E-state index in [9.17, 15) is 0 Å². The molecular weight excluding hydrogens is 160 g/mol. The molecule has 0 aromatic heterocycles. The number of allylic oxidation sites excluding steroid dienone is 1. The molecule has 0 aliphatic rings. The van der Waals surface area contributed by atoms with Gasteiger partial charge in [-0.3, -0.25) is 4.99 Å². The highest BCUT2D eigenvalue weighted by atomic mass is 15.2. The molecule has 2 nitrogen and oxygen atoms in total. The fourth-order valence-corrected chi connectivity index (χ4v) is 1.15. The number of nitrogens with zero attached hydrogens (tertiary/aromatic N) is 2. The number of hydrogen-bond donors (Lipinski definition) is 0. The van der Waals surface area contributed by atoms with E-state index >= 15 is 0 Å². The first kappa shape index (κ1) is 12.2. The molecule has 2 heteroatoms. The van der Waals surface area contributed by atoms with Crippen LogP contribution in [0.3, 0.4) is 0 Å². The van der Waals surface area contributed by atoms with Crippen LogP contribution in [0.4, 0.5) is 0 Å². The minimum Gasteiger partial charge on any atom is -0.359 e. The molecule has 0 atom stereocenters. The summed E-state index contributed by atoms with van der Waals surface area (Å²) in [5.41, 5.74) is 0. The average Bonchev–Trinajstić information content (AvgIpc) is 2.13. The first-order valence-electron chi connectivity index (χ1n) is 5.18. The summed E-state index contributed by atoms with van der Waals surface area (Å²) >= 11 is 0. The van der Waals surface area contributed by atoms with Gasteiger partial charge in [0.15, 0.2) is 0 Å². The fraction of sp³-hybridized carbons (Fsp3) is 0.727. The van der Waals surface area contributed by atoms with Gasteiger partial charge >= 0.3 is 0 Å². The third-order valence-electron chi connectivity index (χ3n) is 1.83. The Balaban J connectivity index is 3.64. The lowest BCUT2D eigenvalue weighted by atomic mass is 10.2. The Morgan fingerprint density at radius 2 is 2.08 bits per heavy atom. The van der Waals surface area contributed by atoms with Crippen molar-refractivity contribution in [1.82, 2.24) is 4.90 Å². The topological polar surface area (TPSA) is 15.6 Å². The first-order valence-corrected chi connectivity index (χ1v) is 5.18. The van der Waals surface area contributed by atoms with Gasteiger partial charge in [0.1, 0.15) is 6.67 Å². The summed E-state index contributed by atoms with van der Waals surface area (Å²) in [6.45, 7) is 9.68. The third-order valence-corrected chi connectivity index (χ3v) is 1.83. The van der Waals surface area contributed by atoms with Crippen LogP contribution in [-0.2, 0) is 0 Å². The molecule has 0 aromatic carbocycles.